The molecule has 3 aromatic heterocycles. The van der Waals surface area contributed by atoms with E-state index in [1.54, 1.807) is 24.3 Å². The van der Waals surface area contributed by atoms with Gasteiger partial charge in [-0.15, -0.1) is 0 Å². The monoisotopic (exact) mass is 539 g/mol. The quantitative estimate of drug-likeness (QED) is 0.237. The fourth-order valence-corrected chi connectivity index (χ4v) is 6.13. The number of nitrogens with one attached hydrogen (secondary N) is 3. The largest absolute Gasteiger partial charge is 0.339 e. The number of pyridine rings is 3. The van der Waals surface area contributed by atoms with Crippen LogP contribution in [0.25, 0.3) is 22.2 Å². The lowest BCUT2D eigenvalue weighted by Crippen LogP contribution is -2.24. The van der Waals surface area contributed by atoms with E-state index in [1.165, 1.54) is 49.9 Å². The Labute approximate surface area is 232 Å². The number of carbonyl (C=O) groups is 1. The van der Waals surface area contributed by atoms with E-state index in [4.69, 9.17) is 0 Å². The molecule has 3 N–H and O–H groups in total. The number of fused-ring (bicyclic) bond motifs is 1. The van der Waals surface area contributed by atoms with Gasteiger partial charge < -0.3 is 15.6 Å². The summed E-state index contributed by atoms with van der Waals surface area (Å²) in [6.07, 6.45) is 14.7. The minimum absolute atomic E-state index is 0.0179. The molecule has 8 heteroatoms. The normalized spacial score (nSPS) is 16.6. The molecule has 1 aromatic carbocycles. The van der Waals surface area contributed by atoms with Crippen LogP contribution in [0.1, 0.15) is 75.7 Å². The third-order valence-corrected chi connectivity index (χ3v) is 8.34. The number of carbonyl (C=O) groups excluding carboxylic acids is 1. The summed E-state index contributed by atoms with van der Waals surface area (Å²) in [7, 11) is 0. The summed E-state index contributed by atoms with van der Waals surface area (Å²) >= 11 is 0. The SMILES string of the molecule is O=C(Nc1ccc(-c2cc(Nc3ccc(C4CCCCC4)cn3)c3c(=O)[nH]ccc3n2)c(F)c1)C1CCCCC1. The van der Waals surface area contributed by atoms with Crippen molar-refractivity contribution in [2.45, 2.75) is 70.1 Å². The molecule has 0 aliphatic heterocycles. The molecule has 7 nitrogen and oxygen atoms in total. The molecule has 6 rings (SSSR count). The van der Waals surface area contributed by atoms with E-state index in [0.29, 0.717) is 39.7 Å². The van der Waals surface area contributed by atoms with Gasteiger partial charge in [-0.25, -0.2) is 14.4 Å². The smallest absolute Gasteiger partial charge is 0.259 e. The molecule has 0 radical (unpaired) electrons. The van der Waals surface area contributed by atoms with Gasteiger partial charge in [-0.3, -0.25) is 9.59 Å². The number of nitrogens with zero attached hydrogens (tertiary/aromatic N) is 2. The van der Waals surface area contributed by atoms with Gasteiger partial charge in [0, 0.05) is 29.6 Å². The molecule has 2 aliphatic carbocycles. The molecule has 40 heavy (non-hydrogen) atoms. The number of amides is 1. The molecular weight excluding hydrogens is 505 g/mol. The Balaban J connectivity index is 1.28. The second-order valence-electron chi connectivity index (χ2n) is 11.1. The third kappa shape index (κ3) is 5.62. The molecule has 2 fully saturated rings. The van der Waals surface area contributed by atoms with Gasteiger partial charge in [-0.2, -0.15) is 0 Å². The summed E-state index contributed by atoms with van der Waals surface area (Å²) in [5, 5.41) is 6.52. The second-order valence-corrected chi connectivity index (χ2v) is 11.1. The number of benzene rings is 1. The molecule has 0 unspecified atom stereocenters. The van der Waals surface area contributed by atoms with Crippen LogP contribution in [0.4, 0.5) is 21.6 Å². The van der Waals surface area contributed by atoms with Crippen molar-refractivity contribution in [1.82, 2.24) is 15.0 Å². The lowest BCUT2D eigenvalue weighted by Gasteiger charge is -2.21. The minimum atomic E-state index is -0.501. The van der Waals surface area contributed by atoms with Crippen LogP contribution < -0.4 is 16.2 Å². The fourth-order valence-electron chi connectivity index (χ4n) is 6.13. The minimum Gasteiger partial charge on any atom is -0.339 e. The first-order valence-corrected chi connectivity index (χ1v) is 14.4. The van der Waals surface area contributed by atoms with Gasteiger partial charge in [0.15, 0.2) is 0 Å². The van der Waals surface area contributed by atoms with E-state index in [-0.39, 0.29) is 22.9 Å². The van der Waals surface area contributed by atoms with Crippen molar-refractivity contribution < 1.29 is 9.18 Å². The first-order chi connectivity index (χ1) is 19.5. The highest BCUT2D eigenvalue weighted by atomic mass is 19.1. The maximum Gasteiger partial charge on any atom is 0.259 e. The molecule has 1 amide bonds. The zero-order valence-corrected chi connectivity index (χ0v) is 22.5. The summed E-state index contributed by atoms with van der Waals surface area (Å²) < 4.78 is 15.4. The van der Waals surface area contributed by atoms with E-state index in [1.807, 2.05) is 12.3 Å². The Morgan fingerprint density at radius 1 is 0.925 bits per heavy atom. The number of aromatic amines is 1. The summed E-state index contributed by atoms with van der Waals surface area (Å²) in [6, 6.07) is 12.0. The maximum atomic E-state index is 15.4. The van der Waals surface area contributed by atoms with Crippen LogP contribution in [0.15, 0.2) is 59.7 Å². The van der Waals surface area contributed by atoms with E-state index in [2.05, 4.69) is 31.7 Å². The lowest BCUT2D eigenvalue weighted by molar-refractivity contribution is -0.120. The zero-order chi connectivity index (χ0) is 27.5. The fraction of sp³-hybridized carbons (Fsp3) is 0.375. The molecule has 0 bridgehead atoms. The Morgan fingerprint density at radius 2 is 1.70 bits per heavy atom. The molecule has 2 saturated carbocycles. The molecule has 206 valence electrons. The van der Waals surface area contributed by atoms with Crippen molar-refractivity contribution in [2.24, 2.45) is 5.92 Å². The van der Waals surface area contributed by atoms with Crippen LogP contribution in [0.5, 0.6) is 0 Å². The number of anilines is 3. The molecule has 0 atom stereocenters. The molecule has 3 heterocycles. The standard InChI is InChI=1S/C32H34FN5O2/c33-25-17-23(36-31(39)21-9-5-2-6-10-21)12-13-24(25)27-18-28(30-26(37-27)15-16-34-32(30)40)38-29-14-11-22(19-35-29)20-7-3-1-4-8-20/h11-21H,1-10H2,(H,34,40)(H,36,39)(H,35,37,38). The van der Waals surface area contributed by atoms with Gasteiger partial charge in [0.25, 0.3) is 5.56 Å². The number of halogens is 1. The first kappa shape index (κ1) is 26.2. The zero-order valence-electron chi connectivity index (χ0n) is 22.5. The lowest BCUT2D eigenvalue weighted by atomic mass is 9.85. The maximum absolute atomic E-state index is 15.4. The second kappa shape index (κ2) is 11.6. The van der Waals surface area contributed by atoms with E-state index in [9.17, 15) is 9.59 Å². The Morgan fingerprint density at radius 3 is 2.42 bits per heavy atom. The molecule has 0 saturated heterocycles. The van der Waals surface area contributed by atoms with Gasteiger partial charge in [0.2, 0.25) is 5.91 Å². The van der Waals surface area contributed by atoms with Crippen LogP contribution in [-0.4, -0.2) is 20.9 Å². The van der Waals surface area contributed by atoms with Gasteiger partial charge in [0.05, 0.1) is 22.3 Å². The molecule has 0 spiro atoms. The molecule has 4 aromatic rings. The van der Waals surface area contributed by atoms with E-state index >= 15 is 4.39 Å². The number of hydrogen-bond donors (Lipinski definition) is 3. The van der Waals surface area contributed by atoms with Crippen molar-refractivity contribution in [2.75, 3.05) is 10.6 Å². The summed E-state index contributed by atoms with van der Waals surface area (Å²) in [4.78, 5) is 37.4. The number of aromatic nitrogens is 3. The number of rotatable bonds is 6. The number of hydrogen-bond acceptors (Lipinski definition) is 5. The van der Waals surface area contributed by atoms with Crippen molar-refractivity contribution in [3.8, 4) is 11.3 Å². The van der Waals surface area contributed by atoms with Crippen LogP contribution in [-0.2, 0) is 4.79 Å². The number of H-pyrrole nitrogens is 1. The highest BCUT2D eigenvalue weighted by Crippen LogP contribution is 2.34. The van der Waals surface area contributed by atoms with E-state index in [0.717, 1.165) is 32.1 Å². The summed E-state index contributed by atoms with van der Waals surface area (Å²) in [5.41, 5.74) is 2.96. The van der Waals surface area contributed by atoms with Gasteiger partial charge in [-0.05, 0) is 73.6 Å². The van der Waals surface area contributed by atoms with Crippen LogP contribution in [0.2, 0.25) is 0 Å². The first-order valence-electron chi connectivity index (χ1n) is 14.4. The van der Waals surface area contributed by atoms with E-state index < -0.39 is 5.82 Å². The average molecular weight is 540 g/mol. The van der Waals surface area contributed by atoms with Crippen molar-refractivity contribution in [1.29, 1.82) is 0 Å². The topological polar surface area (TPSA) is 99.8 Å². The predicted octanol–water partition coefficient (Wildman–Crippen LogP) is 7.43. The Hall–Kier alpha value is -4.07. The Kier molecular flexibility index (Phi) is 7.58. The van der Waals surface area contributed by atoms with Crippen LogP contribution in [0.3, 0.4) is 0 Å². The highest BCUT2D eigenvalue weighted by Gasteiger charge is 2.22. The van der Waals surface area contributed by atoms with Gasteiger partial charge >= 0.3 is 0 Å². The summed E-state index contributed by atoms with van der Waals surface area (Å²) in [6.45, 7) is 0. The van der Waals surface area contributed by atoms with Crippen LogP contribution in [0, 0.1) is 11.7 Å². The van der Waals surface area contributed by atoms with Crippen LogP contribution >= 0.6 is 0 Å². The highest BCUT2D eigenvalue weighted by molar-refractivity contribution is 5.95. The van der Waals surface area contributed by atoms with Crippen molar-refractivity contribution in [3.05, 3.63) is 76.6 Å². The average Bonchev–Trinajstić information content (AvgIpc) is 2.98. The third-order valence-electron chi connectivity index (χ3n) is 8.34. The molecule has 2 aliphatic rings. The van der Waals surface area contributed by atoms with Crippen molar-refractivity contribution in [3.63, 3.8) is 0 Å². The molecular formula is C32H34FN5O2. The predicted molar refractivity (Wildman–Crippen MR) is 156 cm³/mol. The summed E-state index contributed by atoms with van der Waals surface area (Å²) in [5.74, 6) is 0.575. The van der Waals surface area contributed by atoms with Crippen molar-refractivity contribution >= 4 is 34.0 Å². The van der Waals surface area contributed by atoms with Gasteiger partial charge in [-0.1, -0.05) is 44.6 Å². The Bertz CT molecular complexity index is 1570. The van der Waals surface area contributed by atoms with Gasteiger partial charge in [0.1, 0.15) is 11.6 Å².